The lowest BCUT2D eigenvalue weighted by Gasteiger charge is -2.17. The van der Waals surface area contributed by atoms with E-state index in [2.05, 4.69) is 10.6 Å². The summed E-state index contributed by atoms with van der Waals surface area (Å²) in [6.07, 6.45) is 0.0821. The van der Waals surface area contributed by atoms with Crippen LogP contribution in [0.4, 0.5) is 11.4 Å². The monoisotopic (exact) mass is 466 g/mol. The van der Waals surface area contributed by atoms with Gasteiger partial charge in [0, 0.05) is 17.3 Å². The van der Waals surface area contributed by atoms with E-state index in [1.165, 1.54) is 30.3 Å². The van der Waals surface area contributed by atoms with Crippen molar-refractivity contribution in [3.63, 3.8) is 0 Å². The molecule has 0 saturated carbocycles. The molecule has 0 aromatic heterocycles. The van der Waals surface area contributed by atoms with E-state index in [1.807, 2.05) is 13.0 Å². The van der Waals surface area contributed by atoms with Gasteiger partial charge in [0.25, 0.3) is 5.91 Å². The fourth-order valence-corrected chi connectivity index (χ4v) is 5.15. The minimum absolute atomic E-state index is 0.0821. The molecule has 0 saturated heterocycles. The molecule has 0 aliphatic carbocycles. The molecule has 2 amide bonds. The average Bonchev–Trinajstić information content (AvgIpc) is 2.76. The van der Waals surface area contributed by atoms with Crippen molar-refractivity contribution in [1.29, 1.82) is 0 Å². The van der Waals surface area contributed by atoms with Gasteiger partial charge in [-0.15, -0.1) is 0 Å². The fraction of sp³-hybridized carbons (Fsp3) is 0.200. The zero-order valence-corrected chi connectivity index (χ0v) is 19.4. The Balaban J connectivity index is 1.75. The maximum Gasteiger partial charge on any atom is 0.255 e. The largest absolute Gasteiger partial charge is 0.506 e. The second-order valence-electron chi connectivity index (χ2n) is 7.80. The normalized spacial score (nSPS) is 12.1. The first-order valence-electron chi connectivity index (χ1n) is 10.4. The Kier molecular flexibility index (Phi) is 7.18. The van der Waals surface area contributed by atoms with Crippen molar-refractivity contribution in [2.75, 3.05) is 10.6 Å². The molecule has 172 valence electrons. The van der Waals surface area contributed by atoms with Crippen LogP contribution in [0.5, 0.6) is 5.75 Å². The lowest BCUT2D eigenvalue weighted by molar-refractivity contribution is -0.115. The Morgan fingerprint density at radius 3 is 2.18 bits per heavy atom. The van der Waals surface area contributed by atoms with Crippen molar-refractivity contribution in [3.05, 3.63) is 83.4 Å². The van der Waals surface area contributed by atoms with Crippen molar-refractivity contribution in [1.82, 2.24) is 0 Å². The molecule has 8 heteroatoms. The minimum Gasteiger partial charge on any atom is -0.506 e. The molecule has 3 aromatic rings. The molecule has 33 heavy (non-hydrogen) atoms. The number of hydrogen-bond acceptors (Lipinski definition) is 5. The van der Waals surface area contributed by atoms with Gasteiger partial charge in [-0.05, 0) is 62.2 Å². The number of phenols is 1. The second kappa shape index (κ2) is 9.87. The van der Waals surface area contributed by atoms with Gasteiger partial charge in [-0.1, -0.05) is 36.8 Å². The Bertz CT molecular complexity index is 1300. The lowest BCUT2D eigenvalue weighted by Crippen LogP contribution is -2.34. The highest BCUT2D eigenvalue weighted by Gasteiger charge is 2.32. The molecule has 1 unspecified atom stereocenters. The van der Waals surface area contributed by atoms with Gasteiger partial charge in [-0.2, -0.15) is 0 Å². The Morgan fingerprint density at radius 2 is 1.58 bits per heavy atom. The molecule has 7 nitrogen and oxygen atoms in total. The van der Waals surface area contributed by atoms with Crippen LogP contribution in [0.2, 0.25) is 0 Å². The van der Waals surface area contributed by atoms with Crippen LogP contribution in [0.15, 0.2) is 71.6 Å². The maximum absolute atomic E-state index is 13.0. The van der Waals surface area contributed by atoms with Gasteiger partial charge in [0.05, 0.1) is 10.6 Å². The summed E-state index contributed by atoms with van der Waals surface area (Å²) in [6.45, 7) is 5.27. The third-order valence-electron chi connectivity index (χ3n) is 5.15. The number of amides is 2. The van der Waals surface area contributed by atoms with Crippen LogP contribution >= 0.6 is 0 Å². The number of sulfone groups is 1. The van der Waals surface area contributed by atoms with Crippen molar-refractivity contribution >= 4 is 33.0 Å². The highest BCUT2D eigenvalue weighted by molar-refractivity contribution is 7.92. The van der Waals surface area contributed by atoms with Gasteiger partial charge in [0.15, 0.2) is 9.84 Å². The van der Waals surface area contributed by atoms with Gasteiger partial charge in [0.2, 0.25) is 5.91 Å². The summed E-state index contributed by atoms with van der Waals surface area (Å²) in [6, 6.07) is 17.6. The summed E-state index contributed by atoms with van der Waals surface area (Å²) < 4.78 is 26.0. The van der Waals surface area contributed by atoms with Crippen LogP contribution in [-0.2, 0) is 14.6 Å². The molecule has 0 radical (unpaired) electrons. The summed E-state index contributed by atoms with van der Waals surface area (Å²) in [7, 11) is -3.89. The SMILES string of the molecule is CCC(C(=O)Nc1ccc(NC(=O)c2cccc(C)c2)c(O)c1)S(=O)(=O)c1cccc(C)c1. The van der Waals surface area contributed by atoms with Crippen molar-refractivity contribution in [3.8, 4) is 5.75 Å². The van der Waals surface area contributed by atoms with Crippen LogP contribution < -0.4 is 10.6 Å². The molecular weight excluding hydrogens is 440 g/mol. The fourth-order valence-electron chi connectivity index (χ4n) is 3.42. The number of aryl methyl sites for hydroxylation is 2. The van der Waals surface area contributed by atoms with E-state index in [0.29, 0.717) is 5.56 Å². The standard InChI is InChI=1S/C25H26N2O5S/c1-4-23(33(31,32)20-10-6-8-17(3)14-20)25(30)26-19-11-12-21(22(28)15-19)27-24(29)18-9-5-7-16(2)13-18/h5-15,23,28H,4H2,1-3H3,(H,26,30)(H,27,29). The quantitative estimate of drug-likeness (QED) is 0.445. The van der Waals surface area contributed by atoms with Crippen LogP contribution in [0, 0.1) is 13.8 Å². The molecule has 0 fully saturated rings. The van der Waals surface area contributed by atoms with E-state index >= 15 is 0 Å². The first-order valence-corrected chi connectivity index (χ1v) is 12.0. The van der Waals surface area contributed by atoms with E-state index in [9.17, 15) is 23.1 Å². The number of carbonyl (C=O) groups excluding carboxylic acids is 2. The minimum atomic E-state index is -3.89. The van der Waals surface area contributed by atoms with Gasteiger partial charge in [-0.25, -0.2) is 8.42 Å². The molecule has 3 rings (SSSR count). The molecule has 1 atom stereocenters. The van der Waals surface area contributed by atoms with Crippen molar-refractivity contribution in [2.24, 2.45) is 0 Å². The third-order valence-corrected chi connectivity index (χ3v) is 7.36. The zero-order chi connectivity index (χ0) is 24.2. The van der Waals surface area contributed by atoms with Crippen molar-refractivity contribution < 1.29 is 23.1 Å². The molecule has 0 spiro atoms. The van der Waals surface area contributed by atoms with E-state index in [4.69, 9.17) is 0 Å². The number of anilines is 2. The molecular formula is C25H26N2O5S. The molecule has 3 N–H and O–H groups in total. The Labute approximate surface area is 193 Å². The summed E-state index contributed by atoms with van der Waals surface area (Å²) in [5.41, 5.74) is 2.53. The molecule has 0 aliphatic heterocycles. The Morgan fingerprint density at radius 1 is 0.909 bits per heavy atom. The number of nitrogens with one attached hydrogen (secondary N) is 2. The van der Waals surface area contributed by atoms with E-state index in [0.717, 1.165) is 11.1 Å². The highest BCUT2D eigenvalue weighted by atomic mass is 32.2. The lowest BCUT2D eigenvalue weighted by atomic mass is 10.1. The summed E-state index contributed by atoms with van der Waals surface area (Å²) in [4.78, 5) is 25.3. The van der Waals surface area contributed by atoms with Crippen LogP contribution in [-0.4, -0.2) is 30.6 Å². The molecule has 0 aliphatic rings. The Hall–Kier alpha value is -3.65. The summed E-state index contributed by atoms with van der Waals surface area (Å²) >= 11 is 0. The van der Waals surface area contributed by atoms with Crippen LogP contribution in [0.25, 0.3) is 0 Å². The average molecular weight is 467 g/mol. The van der Waals surface area contributed by atoms with E-state index < -0.39 is 21.0 Å². The first-order chi connectivity index (χ1) is 15.6. The first kappa shape index (κ1) is 24.0. The molecule has 3 aromatic carbocycles. The van der Waals surface area contributed by atoms with Gasteiger partial charge in [-0.3, -0.25) is 9.59 Å². The summed E-state index contributed by atoms with van der Waals surface area (Å²) in [5, 5.41) is 14.2. The number of aromatic hydroxyl groups is 1. The van der Waals surface area contributed by atoms with E-state index in [1.54, 1.807) is 44.2 Å². The van der Waals surface area contributed by atoms with Gasteiger partial charge >= 0.3 is 0 Å². The smallest absolute Gasteiger partial charge is 0.255 e. The number of phenolic OH excluding ortho intramolecular Hbond substituents is 1. The van der Waals surface area contributed by atoms with Gasteiger partial charge < -0.3 is 15.7 Å². The van der Waals surface area contributed by atoms with E-state index in [-0.39, 0.29) is 34.3 Å². The number of rotatable bonds is 7. The highest BCUT2D eigenvalue weighted by Crippen LogP contribution is 2.28. The summed E-state index contributed by atoms with van der Waals surface area (Å²) in [5.74, 6) is -1.35. The van der Waals surface area contributed by atoms with Crippen LogP contribution in [0.3, 0.4) is 0 Å². The molecule has 0 heterocycles. The topological polar surface area (TPSA) is 113 Å². The van der Waals surface area contributed by atoms with Crippen LogP contribution in [0.1, 0.15) is 34.8 Å². The predicted octanol–water partition coefficient (Wildman–Crippen LogP) is 4.45. The van der Waals surface area contributed by atoms with Crippen molar-refractivity contribution in [2.45, 2.75) is 37.3 Å². The number of benzene rings is 3. The number of carbonyl (C=O) groups is 2. The number of hydrogen-bond donors (Lipinski definition) is 3. The zero-order valence-electron chi connectivity index (χ0n) is 18.6. The van der Waals surface area contributed by atoms with Gasteiger partial charge in [0.1, 0.15) is 11.0 Å². The maximum atomic E-state index is 13.0. The molecule has 0 bridgehead atoms. The predicted molar refractivity (Wildman–Crippen MR) is 128 cm³/mol. The third kappa shape index (κ3) is 5.59. The second-order valence-corrected chi connectivity index (χ2v) is 9.93.